The molecular formula is C25H33F2N3O2. The van der Waals surface area contributed by atoms with E-state index in [0.717, 1.165) is 49.7 Å². The van der Waals surface area contributed by atoms with E-state index >= 15 is 0 Å². The Morgan fingerprint density at radius 1 is 1.16 bits per heavy atom. The third-order valence-electron chi connectivity index (χ3n) is 5.72. The number of nitrogens with one attached hydrogen (secondary N) is 1. The zero-order chi connectivity index (χ0) is 23.1. The van der Waals surface area contributed by atoms with Gasteiger partial charge < -0.3 is 19.9 Å². The van der Waals surface area contributed by atoms with Crippen LogP contribution in [0.4, 0.5) is 13.6 Å². The van der Waals surface area contributed by atoms with Gasteiger partial charge >= 0.3 is 6.03 Å². The van der Waals surface area contributed by atoms with Gasteiger partial charge in [-0.05, 0) is 77.0 Å². The molecule has 1 heterocycles. The van der Waals surface area contributed by atoms with Gasteiger partial charge in [0.05, 0.1) is 12.6 Å². The largest absolute Gasteiger partial charge is 0.491 e. The molecule has 0 spiro atoms. The van der Waals surface area contributed by atoms with Gasteiger partial charge in [-0.2, -0.15) is 0 Å². The summed E-state index contributed by atoms with van der Waals surface area (Å²) >= 11 is 0. The van der Waals surface area contributed by atoms with Crippen LogP contribution in [0.2, 0.25) is 0 Å². The van der Waals surface area contributed by atoms with Crippen LogP contribution in [0.25, 0.3) is 0 Å². The number of ether oxygens (including phenoxy) is 1. The van der Waals surface area contributed by atoms with Gasteiger partial charge in [0.15, 0.2) is 0 Å². The second-order valence-corrected chi connectivity index (χ2v) is 8.72. The Kier molecular flexibility index (Phi) is 8.45. The fraction of sp³-hybridized carbons (Fsp3) is 0.480. The number of urea groups is 1. The van der Waals surface area contributed by atoms with E-state index in [4.69, 9.17) is 4.74 Å². The molecule has 1 aliphatic heterocycles. The van der Waals surface area contributed by atoms with Crippen molar-refractivity contribution >= 4 is 6.03 Å². The highest BCUT2D eigenvalue weighted by atomic mass is 19.1. The minimum Gasteiger partial charge on any atom is -0.491 e. The predicted octanol–water partition coefficient (Wildman–Crippen LogP) is 4.95. The molecule has 0 bridgehead atoms. The molecule has 0 saturated carbocycles. The summed E-state index contributed by atoms with van der Waals surface area (Å²) in [7, 11) is 2.07. The molecule has 1 aliphatic rings. The maximum atomic E-state index is 14.3. The first-order valence-electron chi connectivity index (χ1n) is 11.2. The van der Waals surface area contributed by atoms with Crippen LogP contribution in [-0.2, 0) is 13.1 Å². The highest BCUT2D eigenvalue weighted by Gasteiger charge is 2.26. The van der Waals surface area contributed by atoms with E-state index < -0.39 is 11.6 Å². The van der Waals surface area contributed by atoms with Crippen LogP contribution >= 0.6 is 0 Å². The first-order chi connectivity index (χ1) is 15.3. The molecule has 1 N–H and O–H groups in total. The number of halogens is 2. The van der Waals surface area contributed by atoms with Crippen molar-refractivity contribution in [3.8, 4) is 5.75 Å². The standard InChI is InChI=1S/C25H33F2N3O2/c1-18(2)32-23-10-6-19(7-11-23)16-28-25(31)30(22-5-4-13-29(3)14-12-22)17-20-8-9-21(26)15-24(20)27/h6-11,15,18,22H,4-5,12-14,16-17H2,1-3H3,(H,28,31). The minimum absolute atomic E-state index is 0.00813. The van der Waals surface area contributed by atoms with Gasteiger partial charge in [-0.3, -0.25) is 0 Å². The molecule has 3 rings (SSSR count). The highest BCUT2D eigenvalue weighted by molar-refractivity contribution is 5.74. The molecule has 1 unspecified atom stereocenters. The monoisotopic (exact) mass is 445 g/mol. The number of carbonyl (C=O) groups excluding carboxylic acids is 1. The lowest BCUT2D eigenvalue weighted by atomic mass is 10.1. The van der Waals surface area contributed by atoms with Gasteiger partial charge in [0, 0.05) is 24.2 Å². The van der Waals surface area contributed by atoms with E-state index in [9.17, 15) is 13.6 Å². The Balaban J connectivity index is 1.70. The Labute approximate surface area is 189 Å². The number of hydrogen-bond acceptors (Lipinski definition) is 3. The number of rotatable bonds is 7. The van der Waals surface area contributed by atoms with Crippen LogP contribution in [0, 0.1) is 11.6 Å². The summed E-state index contributed by atoms with van der Waals surface area (Å²) in [5.41, 5.74) is 1.26. The Morgan fingerprint density at radius 3 is 2.59 bits per heavy atom. The van der Waals surface area contributed by atoms with E-state index in [0.29, 0.717) is 12.1 Å². The summed E-state index contributed by atoms with van der Waals surface area (Å²) in [5.74, 6) is -0.469. The second kappa shape index (κ2) is 11.3. The molecule has 2 aromatic carbocycles. The lowest BCUT2D eigenvalue weighted by Crippen LogP contribution is -2.46. The van der Waals surface area contributed by atoms with Crippen LogP contribution in [0.15, 0.2) is 42.5 Å². The van der Waals surface area contributed by atoms with Crippen molar-refractivity contribution in [1.29, 1.82) is 0 Å². The Morgan fingerprint density at radius 2 is 1.91 bits per heavy atom. The normalized spacial score (nSPS) is 17.1. The van der Waals surface area contributed by atoms with Crippen LogP contribution < -0.4 is 10.1 Å². The van der Waals surface area contributed by atoms with Crippen LogP contribution in [0.5, 0.6) is 5.75 Å². The zero-order valence-electron chi connectivity index (χ0n) is 19.1. The molecule has 2 amide bonds. The van der Waals surface area contributed by atoms with E-state index in [-0.39, 0.29) is 24.7 Å². The summed E-state index contributed by atoms with van der Waals surface area (Å²) in [4.78, 5) is 17.1. The number of nitrogens with zero attached hydrogens (tertiary/aromatic N) is 2. The Bertz CT molecular complexity index is 889. The number of carbonyl (C=O) groups is 1. The molecule has 7 heteroatoms. The van der Waals surface area contributed by atoms with Crippen molar-refractivity contribution in [2.75, 3.05) is 20.1 Å². The van der Waals surface area contributed by atoms with Crippen molar-refractivity contribution in [2.45, 2.75) is 58.3 Å². The van der Waals surface area contributed by atoms with Crippen molar-refractivity contribution in [3.63, 3.8) is 0 Å². The Hall–Kier alpha value is -2.67. The first-order valence-corrected chi connectivity index (χ1v) is 11.2. The van der Waals surface area contributed by atoms with Gasteiger partial charge in [-0.15, -0.1) is 0 Å². The SMILES string of the molecule is CC(C)Oc1ccc(CNC(=O)N(Cc2ccc(F)cc2F)C2CCCN(C)CC2)cc1. The number of benzene rings is 2. The molecule has 32 heavy (non-hydrogen) atoms. The smallest absolute Gasteiger partial charge is 0.318 e. The van der Waals surface area contributed by atoms with E-state index in [1.54, 1.807) is 4.90 Å². The average Bonchev–Trinajstić information content (AvgIpc) is 2.96. The summed E-state index contributed by atoms with van der Waals surface area (Å²) in [6.45, 7) is 6.25. The summed E-state index contributed by atoms with van der Waals surface area (Å²) in [5, 5.41) is 2.98. The van der Waals surface area contributed by atoms with Crippen molar-refractivity contribution in [3.05, 3.63) is 65.2 Å². The van der Waals surface area contributed by atoms with Crippen LogP contribution in [-0.4, -0.2) is 48.1 Å². The average molecular weight is 446 g/mol. The summed E-state index contributed by atoms with van der Waals surface area (Å²) in [6, 6.07) is 10.9. The van der Waals surface area contributed by atoms with E-state index in [1.807, 2.05) is 38.1 Å². The minimum atomic E-state index is -0.630. The zero-order valence-corrected chi connectivity index (χ0v) is 19.1. The predicted molar refractivity (Wildman–Crippen MR) is 121 cm³/mol. The van der Waals surface area contributed by atoms with Gasteiger partial charge in [0.2, 0.25) is 0 Å². The lowest BCUT2D eigenvalue weighted by molar-refractivity contribution is 0.161. The van der Waals surface area contributed by atoms with Gasteiger partial charge in [-0.1, -0.05) is 18.2 Å². The van der Waals surface area contributed by atoms with Gasteiger partial charge in [-0.25, -0.2) is 13.6 Å². The van der Waals surface area contributed by atoms with Gasteiger partial charge in [0.25, 0.3) is 0 Å². The highest BCUT2D eigenvalue weighted by Crippen LogP contribution is 2.21. The third kappa shape index (κ3) is 6.92. The number of amides is 2. The quantitative estimate of drug-likeness (QED) is 0.656. The fourth-order valence-electron chi connectivity index (χ4n) is 3.97. The summed E-state index contributed by atoms with van der Waals surface area (Å²) < 4.78 is 33.4. The number of hydrogen-bond donors (Lipinski definition) is 1. The molecule has 1 atom stereocenters. The van der Waals surface area contributed by atoms with E-state index in [2.05, 4.69) is 17.3 Å². The fourth-order valence-corrected chi connectivity index (χ4v) is 3.97. The molecule has 1 saturated heterocycles. The van der Waals surface area contributed by atoms with Crippen molar-refractivity contribution in [1.82, 2.24) is 15.1 Å². The summed E-state index contributed by atoms with van der Waals surface area (Å²) in [6.07, 6.45) is 2.73. The molecular weight excluding hydrogens is 412 g/mol. The molecule has 0 radical (unpaired) electrons. The second-order valence-electron chi connectivity index (χ2n) is 8.72. The van der Waals surface area contributed by atoms with Crippen molar-refractivity contribution < 1.29 is 18.3 Å². The van der Waals surface area contributed by atoms with Crippen LogP contribution in [0.3, 0.4) is 0 Å². The van der Waals surface area contributed by atoms with Crippen LogP contribution in [0.1, 0.15) is 44.2 Å². The molecule has 2 aromatic rings. The molecule has 174 valence electrons. The lowest BCUT2D eigenvalue weighted by Gasteiger charge is -2.31. The number of likely N-dealkylation sites (tertiary alicyclic amines) is 1. The molecule has 0 aromatic heterocycles. The first kappa shape index (κ1) is 24.0. The topological polar surface area (TPSA) is 44.8 Å². The molecule has 1 fully saturated rings. The third-order valence-corrected chi connectivity index (χ3v) is 5.72. The maximum Gasteiger partial charge on any atom is 0.318 e. The van der Waals surface area contributed by atoms with Gasteiger partial charge in [0.1, 0.15) is 17.4 Å². The van der Waals surface area contributed by atoms with Crippen molar-refractivity contribution in [2.24, 2.45) is 0 Å². The molecule has 5 nitrogen and oxygen atoms in total. The molecule has 0 aliphatic carbocycles. The van der Waals surface area contributed by atoms with E-state index in [1.165, 1.54) is 12.1 Å². The maximum absolute atomic E-state index is 14.3.